The summed E-state index contributed by atoms with van der Waals surface area (Å²) >= 11 is 3.16. The van der Waals surface area contributed by atoms with Crippen molar-refractivity contribution >= 4 is 29.2 Å². The smallest absolute Gasteiger partial charge is 0.404 e. The lowest BCUT2D eigenvalue weighted by Crippen LogP contribution is -2.12. The first-order valence-corrected chi connectivity index (χ1v) is 7.44. The second-order valence-corrected chi connectivity index (χ2v) is 6.27. The summed E-state index contributed by atoms with van der Waals surface area (Å²) in [5.74, 6) is 0. The standard InChI is InChI=1S/C13H14N2O2S2/c1-2-9-4-3-5-10(6-9)18-12-7-15-11(19-12)8-17-13(14)16/h3-7H,2,8H2,1H3,(H2,14,16). The summed E-state index contributed by atoms with van der Waals surface area (Å²) in [6, 6.07) is 8.41. The average Bonchev–Trinajstić information content (AvgIpc) is 2.84. The first kappa shape index (κ1) is 13.9. The van der Waals surface area contributed by atoms with E-state index in [1.165, 1.54) is 21.8 Å². The van der Waals surface area contributed by atoms with Crippen LogP contribution in [0.2, 0.25) is 0 Å². The Kier molecular flexibility index (Phi) is 4.81. The van der Waals surface area contributed by atoms with Gasteiger partial charge in [0, 0.05) is 4.90 Å². The number of aryl methyl sites for hydroxylation is 1. The molecule has 0 radical (unpaired) electrons. The van der Waals surface area contributed by atoms with Gasteiger partial charge in [-0.1, -0.05) is 30.8 Å². The zero-order chi connectivity index (χ0) is 13.7. The monoisotopic (exact) mass is 294 g/mol. The topological polar surface area (TPSA) is 65.2 Å². The van der Waals surface area contributed by atoms with Crippen molar-refractivity contribution in [1.29, 1.82) is 0 Å². The molecule has 2 rings (SSSR count). The van der Waals surface area contributed by atoms with Gasteiger partial charge >= 0.3 is 6.09 Å². The lowest BCUT2D eigenvalue weighted by molar-refractivity contribution is 0.150. The van der Waals surface area contributed by atoms with E-state index < -0.39 is 6.09 Å². The third kappa shape index (κ3) is 4.25. The Bertz CT molecular complexity index is 569. The summed E-state index contributed by atoms with van der Waals surface area (Å²) in [7, 11) is 0. The normalized spacial score (nSPS) is 10.4. The van der Waals surface area contributed by atoms with Gasteiger partial charge in [0.2, 0.25) is 0 Å². The molecule has 4 nitrogen and oxygen atoms in total. The number of nitrogens with zero attached hydrogens (tertiary/aromatic N) is 1. The van der Waals surface area contributed by atoms with Gasteiger partial charge in [0.25, 0.3) is 0 Å². The molecule has 6 heteroatoms. The molecule has 1 amide bonds. The molecule has 0 aliphatic heterocycles. The molecule has 0 atom stereocenters. The van der Waals surface area contributed by atoms with Crippen LogP contribution in [0.3, 0.4) is 0 Å². The molecule has 0 spiro atoms. The van der Waals surface area contributed by atoms with Crippen LogP contribution in [-0.4, -0.2) is 11.1 Å². The first-order chi connectivity index (χ1) is 9.17. The van der Waals surface area contributed by atoms with Crippen LogP contribution < -0.4 is 5.73 Å². The van der Waals surface area contributed by atoms with Gasteiger partial charge in [-0.25, -0.2) is 9.78 Å². The van der Waals surface area contributed by atoms with Crippen LogP contribution in [-0.2, 0) is 17.8 Å². The predicted octanol–water partition coefficient (Wildman–Crippen LogP) is 3.45. The number of hydrogen-bond acceptors (Lipinski definition) is 5. The summed E-state index contributed by atoms with van der Waals surface area (Å²) in [5, 5.41) is 0.743. The van der Waals surface area contributed by atoms with Crippen molar-refractivity contribution in [3.63, 3.8) is 0 Å². The van der Waals surface area contributed by atoms with Gasteiger partial charge in [0.1, 0.15) is 11.6 Å². The molecule has 0 saturated heterocycles. The highest BCUT2D eigenvalue weighted by Crippen LogP contribution is 2.32. The number of benzene rings is 1. The number of aromatic nitrogens is 1. The highest BCUT2D eigenvalue weighted by atomic mass is 32.2. The maximum Gasteiger partial charge on any atom is 0.404 e. The third-order valence-electron chi connectivity index (χ3n) is 2.40. The van der Waals surface area contributed by atoms with Gasteiger partial charge in [-0.15, -0.1) is 11.3 Å². The number of carbonyl (C=O) groups is 1. The minimum Gasteiger partial charge on any atom is -0.442 e. The quantitative estimate of drug-likeness (QED) is 0.917. The Hall–Kier alpha value is -1.53. The molecule has 0 fully saturated rings. The third-order valence-corrected chi connectivity index (χ3v) is 4.46. The van der Waals surface area contributed by atoms with Crippen LogP contribution in [0.1, 0.15) is 17.5 Å². The van der Waals surface area contributed by atoms with E-state index in [0.717, 1.165) is 15.6 Å². The summed E-state index contributed by atoms with van der Waals surface area (Å²) in [6.07, 6.45) is 2.03. The number of rotatable bonds is 5. The van der Waals surface area contributed by atoms with E-state index in [9.17, 15) is 4.79 Å². The molecule has 2 N–H and O–H groups in total. The van der Waals surface area contributed by atoms with E-state index in [4.69, 9.17) is 10.5 Å². The van der Waals surface area contributed by atoms with Gasteiger partial charge in [0.05, 0.1) is 10.4 Å². The van der Waals surface area contributed by atoms with Crippen molar-refractivity contribution < 1.29 is 9.53 Å². The van der Waals surface area contributed by atoms with E-state index in [2.05, 4.69) is 36.2 Å². The van der Waals surface area contributed by atoms with Crippen molar-refractivity contribution in [3.8, 4) is 0 Å². The molecular formula is C13H14N2O2S2. The number of primary amides is 1. The summed E-state index contributed by atoms with van der Waals surface area (Å²) in [4.78, 5) is 15.9. The number of hydrogen-bond donors (Lipinski definition) is 1. The van der Waals surface area contributed by atoms with Gasteiger partial charge in [-0.3, -0.25) is 0 Å². The van der Waals surface area contributed by atoms with Gasteiger partial charge < -0.3 is 10.5 Å². The van der Waals surface area contributed by atoms with Gasteiger partial charge in [-0.05, 0) is 24.1 Å². The number of nitrogens with two attached hydrogens (primary N) is 1. The molecule has 0 unspecified atom stereocenters. The van der Waals surface area contributed by atoms with Crippen molar-refractivity contribution in [2.45, 2.75) is 29.1 Å². The van der Waals surface area contributed by atoms with Crippen molar-refractivity contribution in [2.75, 3.05) is 0 Å². The fourth-order valence-corrected chi connectivity index (χ4v) is 3.48. The molecule has 0 saturated carbocycles. The molecule has 1 aromatic carbocycles. The molecule has 1 aromatic heterocycles. The van der Waals surface area contributed by atoms with E-state index in [1.807, 2.05) is 0 Å². The number of ether oxygens (including phenoxy) is 1. The minimum atomic E-state index is -0.778. The number of thiazole rings is 1. The van der Waals surface area contributed by atoms with E-state index >= 15 is 0 Å². The maximum absolute atomic E-state index is 10.5. The molecular weight excluding hydrogens is 280 g/mol. The Balaban J connectivity index is 2.00. The largest absolute Gasteiger partial charge is 0.442 e. The fraction of sp³-hybridized carbons (Fsp3) is 0.231. The molecule has 0 aliphatic carbocycles. The predicted molar refractivity (Wildman–Crippen MR) is 76.4 cm³/mol. The number of carbonyl (C=O) groups excluding carboxylic acids is 1. The molecule has 100 valence electrons. The maximum atomic E-state index is 10.5. The highest BCUT2D eigenvalue weighted by molar-refractivity contribution is 8.01. The van der Waals surface area contributed by atoms with Crippen LogP contribution in [0.25, 0.3) is 0 Å². The fourth-order valence-electron chi connectivity index (χ4n) is 1.49. The van der Waals surface area contributed by atoms with Crippen LogP contribution in [0.15, 0.2) is 39.6 Å². The van der Waals surface area contributed by atoms with Crippen LogP contribution in [0.4, 0.5) is 4.79 Å². The molecule has 0 bridgehead atoms. The van der Waals surface area contributed by atoms with E-state index in [0.29, 0.717) is 0 Å². The lowest BCUT2D eigenvalue weighted by atomic mass is 10.2. The van der Waals surface area contributed by atoms with Crippen LogP contribution in [0.5, 0.6) is 0 Å². The second-order valence-electron chi connectivity index (χ2n) is 3.78. The van der Waals surface area contributed by atoms with E-state index in [1.54, 1.807) is 18.0 Å². The summed E-state index contributed by atoms with van der Waals surface area (Å²) in [5.41, 5.74) is 6.22. The van der Waals surface area contributed by atoms with Crippen molar-refractivity contribution in [3.05, 3.63) is 41.0 Å². The molecule has 0 aliphatic rings. The molecule has 1 heterocycles. The highest BCUT2D eigenvalue weighted by Gasteiger charge is 2.06. The Morgan fingerprint density at radius 2 is 2.37 bits per heavy atom. The molecule has 19 heavy (non-hydrogen) atoms. The van der Waals surface area contributed by atoms with Crippen LogP contribution >= 0.6 is 23.1 Å². The van der Waals surface area contributed by atoms with Crippen molar-refractivity contribution in [1.82, 2.24) is 4.98 Å². The second kappa shape index (κ2) is 6.58. The SMILES string of the molecule is CCc1cccc(Sc2cnc(COC(N)=O)s2)c1. The first-order valence-electron chi connectivity index (χ1n) is 5.81. The Labute approximate surface area is 120 Å². The minimum absolute atomic E-state index is 0.134. The van der Waals surface area contributed by atoms with Crippen LogP contribution in [0, 0.1) is 0 Å². The Morgan fingerprint density at radius 3 is 3.11 bits per heavy atom. The van der Waals surface area contributed by atoms with Crippen molar-refractivity contribution in [2.24, 2.45) is 5.73 Å². The zero-order valence-electron chi connectivity index (χ0n) is 10.5. The summed E-state index contributed by atoms with van der Waals surface area (Å²) in [6.45, 7) is 2.27. The van der Waals surface area contributed by atoms with Gasteiger partial charge in [0.15, 0.2) is 0 Å². The van der Waals surface area contributed by atoms with E-state index in [-0.39, 0.29) is 6.61 Å². The zero-order valence-corrected chi connectivity index (χ0v) is 12.1. The van der Waals surface area contributed by atoms with Gasteiger partial charge in [-0.2, -0.15) is 0 Å². The lowest BCUT2D eigenvalue weighted by Gasteiger charge is -2.01. The summed E-state index contributed by atoms with van der Waals surface area (Å²) < 4.78 is 5.77. The Morgan fingerprint density at radius 1 is 1.53 bits per heavy atom. The number of amides is 1. The molecule has 2 aromatic rings. The average molecular weight is 294 g/mol.